The fourth-order valence-electron chi connectivity index (χ4n) is 3.82. The molecule has 2 aromatic rings. The quantitative estimate of drug-likeness (QED) is 0.719. The standard InChI is InChI=1S/C25H36N4O/c1-5-29(20(2)3)19-22-6-10-23(11-7-22)25(30)26-24-12-8-21(9-13-24)18-28-16-14-27(4)15-17-28/h6-13,20H,5,14-19H2,1-4H3,(H,26,30). The molecular weight excluding hydrogens is 372 g/mol. The molecule has 162 valence electrons. The molecule has 0 radical (unpaired) electrons. The maximum Gasteiger partial charge on any atom is 0.255 e. The molecule has 1 aliphatic rings. The molecular formula is C25H36N4O. The first-order chi connectivity index (χ1) is 14.4. The van der Waals surface area contributed by atoms with Gasteiger partial charge in [-0.25, -0.2) is 0 Å². The molecule has 1 N–H and O–H groups in total. The summed E-state index contributed by atoms with van der Waals surface area (Å²) < 4.78 is 0. The number of carbonyl (C=O) groups is 1. The highest BCUT2D eigenvalue weighted by Gasteiger charge is 2.14. The second-order valence-corrected chi connectivity index (χ2v) is 8.58. The van der Waals surface area contributed by atoms with Gasteiger partial charge in [0.05, 0.1) is 0 Å². The third kappa shape index (κ3) is 6.39. The molecule has 1 amide bonds. The Morgan fingerprint density at radius 1 is 0.967 bits per heavy atom. The summed E-state index contributed by atoms with van der Waals surface area (Å²) in [5.74, 6) is -0.0652. The Hall–Kier alpha value is -2.21. The van der Waals surface area contributed by atoms with Gasteiger partial charge in [-0.2, -0.15) is 0 Å². The van der Waals surface area contributed by atoms with Gasteiger partial charge in [0.25, 0.3) is 5.91 Å². The third-order valence-electron chi connectivity index (χ3n) is 5.95. The Balaban J connectivity index is 1.52. The number of nitrogens with one attached hydrogen (secondary N) is 1. The van der Waals surface area contributed by atoms with Crippen molar-refractivity contribution < 1.29 is 4.79 Å². The van der Waals surface area contributed by atoms with Gasteiger partial charge in [-0.15, -0.1) is 0 Å². The summed E-state index contributed by atoms with van der Waals surface area (Å²) >= 11 is 0. The molecule has 1 aliphatic heterocycles. The van der Waals surface area contributed by atoms with E-state index in [1.165, 1.54) is 11.1 Å². The summed E-state index contributed by atoms with van der Waals surface area (Å²) in [6.07, 6.45) is 0. The van der Waals surface area contributed by atoms with E-state index in [4.69, 9.17) is 0 Å². The third-order valence-corrected chi connectivity index (χ3v) is 5.95. The topological polar surface area (TPSA) is 38.8 Å². The fourth-order valence-corrected chi connectivity index (χ4v) is 3.82. The average molecular weight is 409 g/mol. The van der Waals surface area contributed by atoms with Crippen LogP contribution < -0.4 is 5.32 Å². The monoisotopic (exact) mass is 408 g/mol. The smallest absolute Gasteiger partial charge is 0.255 e. The van der Waals surface area contributed by atoms with Crippen LogP contribution in [0.25, 0.3) is 0 Å². The van der Waals surface area contributed by atoms with E-state index in [0.29, 0.717) is 11.6 Å². The number of amides is 1. The normalized spacial score (nSPS) is 15.7. The van der Waals surface area contributed by atoms with Gasteiger partial charge in [0.2, 0.25) is 0 Å². The lowest BCUT2D eigenvalue weighted by atomic mass is 10.1. The van der Waals surface area contributed by atoms with Crippen molar-refractivity contribution >= 4 is 11.6 Å². The summed E-state index contributed by atoms with van der Waals surface area (Å²) in [5, 5.41) is 3.01. The Morgan fingerprint density at radius 3 is 2.13 bits per heavy atom. The number of hydrogen-bond acceptors (Lipinski definition) is 4. The summed E-state index contributed by atoms with van der Waals surface area (Å²) in [4.78, 5) is 19.9. The summed E-state index contributed by atoms with van der Waals surface area (Å²) in [7, 11) is 2.17. The number of rotatable bonds is 8. The van der Waals surface area contributed by atoms with Crippen LogP contribution in [0, 0.1) is 0 Å². The van der Waals surface area contributed by atoms with Gasteiger partial charge >= 0.3 is 0 Å². The Kier molecular flexibility index (Phi) is 8.02. The van der Waals surface area contributed by atoms with Crippen molar-refractivity contribution in [1.29, 1.82) is 0 Å². The number of piperazine rings is 1. The lowest BCUT2D eigenvalue weighted by Gasteiger charge is -2.32. The number of anilines is 1. The molecule has 0 bridgehead atoms. The van der Waals surface area contributed by atoms with Crippen molar-refractivity contribution in [3.8, 4) is 0 Å². The van der Waals surface area contributed by atoms with Crippen molar-refractivity contribution in [3.05, 3.63) is 65.2 Å². The van der Waals surface area contributed by atoms with Crippen LogP contribution in [0.15, 0.2) is 48.5 Å². The van der Waals surface area contributed by atoms with E-state index in [9.17, 15) is 4.79 Å². The van der Waals surface area contributed by atoms with Crippen LogP contribution in [0.5, 0.6) is 0 Å². The van der Waals surface area contributed by atoms with Crippen LogP contribution in [-0.2, 0) is 13.1 Å². The molecule has 3 rings (SSSR count). The first kappa shape index (κ1) is 22.5. The second kappa shape index (κ2) is 10.7. The lowest BCUT2D eigenvalue weighted by Crippen LogP contribution is -2.43. The number of hydrogen-bond donors (Lipinski definition) is 1. The van der Waals surface area contributed by atoms with Crippen LogP contribution in [0.2, 0.25) is 0 Å². The molecule has 2 aromatic carbocycles. The Bertz CT molecular complexity index is 793. The number of carbonyl (C=O) groups excluding carboxylic acids is 1. The molecule has 0 atom stereocenters. The van der Waals surface area contributed by atoms with Crippen molar-refractivity contribution in [2.75, 3.05) is 45.1 Å². The first-order valence-electron chi connectivity index (χ1n) is 11.1. The van der Waals surface area contributed by atoms with Gasteiger partial charge in [0, 0.05) is 56.6 Å². The van der Waals surface area contributed by atoms with E-state index in [-0.39, 0.29) is 5.91 Å². The largest absolute Gasteiger partial charge is 0.322 e. The molecule has 1 saturated heterocycles. The zero-order chi connectivity index (χ0) is 21.5. The van der Waals surface area contributed by atoms with Crippen LogP contribution in [0.1, 0.15) is 42.3 Å². The van der Waals surface area contributed by atoms with Crippen molar-refractivity contribution in [2.45, 2.75) is 39.9 Å². The average Bonchev–Trinajstić information content (AvgIpc) is 2.75. The minimum Gasteiger partial charge on any atom is -0.322 e. The molecule has 0 aliphatic carbocycles. The molecule has 30 heavy (non-hydrogen) atoms. The van der Waals surface area contributed by atoms with E-state index in [1.807, 2.05) is 24.3 Å². The predicted octanol–water partition coefficient (Wildman–Crippen LogP) is 3.92. The Morgan fingerprint density at radius 2 is 1.57 bits per heavy atom. The van der Waals surface area contributed by atoms with E-state index in [2.05, 4.69) is 72.1 Å². The van der Waals surface area contributed by atoms with Gasteiger partial charge in [-0.05, 0) is 62.8 Å². The summed E-state index contributed by atoms with van der Waals surface area (Å²) in [6, 6.07) is 16.7. The highest BCUT2D eigenvalue weighted by Crippen LogP contribution is 2.15. The van der Waals surface area contributed by atoms with Crippen LogP contribution >= 0.6 is 0 Å². The maximum absolute atomic E-state index is 12.6. The van der Waals surface area contributed by atoms with Crippen LogP contribution in [0.4, 0.5) is 5.69 Å². The van der Waals surface area contributed by atoms with Crippen molar-refractivity contribution in [3.63, 3.8) is 0 Å². The molecule has 0 unspecified atom stereocenters. The molecule has 1 heterocycles. The zero-order valence-corrected chi connectivity index (χ0v) is 18.9. The number of likely N-dealkylation sites (N-methyl/N-ethyl adjacent to an activating group) is 1. The van der Waals surface area contributed by atoms with Gasteiger partial charge in [-0.3, -0.25) is 14.6 Å². The second-order valence-electron chi connectivity index (χ2n) is 8.58. The van der Waals surface area contributed by atoms with E-state index in [0.717, 1.165) is 51.5 Å². The lowest BCUT2D eigenvalue weighted by molar-refractivity contribution is 0.102. The molecule has 0 aromatic heterocycles. The number of nitrogens with zero attached hydrogens (tertiary/aromatic N) is 3. The van der Waals surface area contributed by atoms with E-state index < -0.39 is 0 Å². The minimum atomic E-state index is -0.0652. The molecule has 1 fully saturated rings. The predicted molar refractivity (Wildman–Crippen MR) is 125 cm³/mol. The van der Waals surface area contributed by atoms with Crippen LogP contribution in [-0.4, -0.2) is 66.4 Å². The summed E-state index contributed by atoms with van der Waals surface area (Å²) in [5.41, 5.74) is 4.04. The van der Waals surface area contributed by atoms with Crippen molar-refractivity contribution in [2.24, 2.45) is 0 Å². The Labute approximate surface area is 181 Å². The fraction of sp³-hybridized carbons (Fsp3) is 0.480. The van der Waals surface area contributed by atoms with E-state index >= 15 is 0 Å². The highest BCUT2D eigenvalue weighted by molar-refractivity contribution is 6.04. The first-order valence-corrected chi connectivity index (χ1v) is 11.1. The number of benzene rings is 2. The van der Waals surface area contributed by atoms with Gasteiger partial charge in [-0.1, -0.05) is 31.2 Å². The minimum absolute atomic E-state index is 0.0652. The SMILES string of the molecule is CCN(Cc1ccc(C(=O)Nc2ccc(CN3CCN(C)CC3)cc2)cc1)C(C)C. The molecule has 0 saturated carbocycles. The van der Waals surface area contributed by atoms with Crippen molar-refractivity contribution in [1.82, 2.24) is 14.7 Å². The maximum atomic E-state index is 12.6. The summed E-state index contributed by atoms with van der Waals surface area (Å²) in [6.45, 7) is 14.0. The van der Waals surface area contributed by atoms with Gasteiger partial charge < -0.3 is 10.2 Å². The highest BCUT2D eigenvalue weighted by atomic mass is 16.1. The van der Waals surface area contributed by atoms with Gasteiger partial charge in [0.15, 0.2) is 0 Å². The molecule has 5 nitrogen and oxygen atoms in total. The van der Waals surface area contributed by atoms with Crippen LogP contribution in [0.3, 0.4) is 0 Å². The molecule has 0 spiro atoms. The van der Waals surface area contributed by atoms with Gasteiger partial charge in [0.1, 0.15) is 0 Å². The zero-order valence-electron chi connectivity index (χ0n) is 18.9. The van der Waals surface area contributed by atoms with E-state index in [1.54, 1.807) is 0 Å². The molecule has 5 heteroatoms.